The van der Waals surface area contributed by atoms with Gasteiger partial charge in [0.2, 0.25) is 11.8 Å². The molecule has 0 saturated carbocycles. The van der Waals surface area contributed by atoms with Crippen LogP contribution in [0.1, 0.15) is 12.0 Å². The molecule has 0 bridgehead atoms. The normalized spacial score (nSPS) is 17.8. The molecule has 23 heavy (non-hydrogen) atoms. The second-order valence-corrected chi connectivity index (χ2v) is 6.07. The molecule has 126 valence electrons. The summed E-state index contributed by atoms with van der Waals surface area (Å²) in [6.45, 7) is 1.98. The van der Waals surface area contributed by atoms with E-state index in [0.29, 0.717) is 18.7 Å². The third-order valence-electron chi connectivity index (χ3n) is 3.92. The molecule has 1 aromatic rings. The first-order valence-corrected chi connectivity index (χ1v) is 7.58. The van der Waals surface area contributed by atoms with Crippen LogP contribution in [-0.2, 0) is 16.1 Å². The number of phenols is 2. The van der Waals surface area contributed by atoms with E-state index in [0.717, 1.165) is 6.54 Å². The van der Waals surface area contributed by atoms with Crippen LogP contribution >= 0.6 is 0 Å². The molecule has 1 unspecified atom stereocenters. The van der Waals surface area contributed by atoms with Crippen LogP contribution in [0, 0.1) is 5.92 Å². The molecular weight excluding hydrogens is 298 g/mol. The van der Waals surface area contributed by atoms with Gasteiger partial charge < -0.3 is 25.3 Å². The van der Waals surface area contributed by atoms with E-state index in [1.54, 1.807) is 11.0 Å². The lowest BCUT2D eigenvalue weighted by molar-refractivity contribution is -0.129. The number of likely N-dealkylation sites (N-methyl/N-ethyl adjacent to an activating group) is 1. The number of nitrogens with zero attached hydrogens (tertiary/aromatic N) is 2. The fraction of sp³-hybridized carbons (Fsp3) is 0.500. The monoisotopic (exact) mass is 321 g/mol. The highest BCUT2D eigenvalue weighted by molar-refractivity contribution is 5.89. The number of carbonyl (C=O) groups excluding carboxylic acids is 2. The highest BCUT2D eigenvalue weighted by Gasteiger charge is 2.33. The molecule has 3 N–H and O–H groups in total. The van der Waals surface area contributed by atoms with Gasteiger partial charge in [-0.3, -0.25) is 9.59 Å². The summed E-state index contributed by atoms with van der Waals surface area (Å²) in [5.41, 5.74) is 0.518. The van der Waals surface area contributed by atoms with Gasteiger partial charge in [-0.1, -0.05) is 0 Å². The van der Waals surface area contributed by atoms with Gasteiger partial charge in [-0.25, -0.2) is 0 Å². The van der Waals surface area contributed by atoms with Gasteiger partial charge in [-0.15, -0.1) is 0 Å². The van der Waals surface area contributed by atoms with Crippen molar-refractivity contribution in [3.05, 3.63) is 23.8 Å². The van der Waals surface area contributed by atoms with Crippen LogP contribution in [0.25, 0.3) is 0 Å². The van der Waals surface area contributed by atoms with Crippen LogP contribution in [0.3, 0.4) is 0 Å². The zero-order valence-electron chi connectivity index (χ0n) is 13.5. The van der Waals surface area contributed by atoms with E-state index >= 15 is 0 Å². The van der Waals surface area contributed by atoms with E-state index in [2.05, 4.69) is 5.32 Å². The summed E-state index contributed by atoms with van der Waals surface area (Å²) in [5, 5.41) is 21.7. The quantitative estimate of drug-likeness (QED) is 0.692. The lowest BCUT2D eigenvalue weighted by atomic mass is 10.1. The maximum Gasteiger partial charge on any atom is 0.225 e. The molecule has 0 radical (unpaired) electrons. The molecule has 1 aliphatic heterocycles. The van der Waals surface area contributed by atoms with Crippen LogP contribution in [-0.4, -0.2) is 65.6 Å². The second kappa shape index (κ2) is 7.32. The van der Waals surface area contributed by atoms with Crippen molar-refractivity contribution in [2.75, 3.05) is 33.7 Å². The Morgan fingerprint density at radius 3 is 2.78 bits per heavy atom. The number of hydrogen-bond acceptors (Lipinski definition) is 5. The van der Waals surface area contributed by atoms with E-state index in [1.165, 1.54) is 12.1 Å². The number of benzene rings is 1. The van der Waals surface area contributed by atoms with Crippen molar-refractivity contribution in [2.24, 2.45) is 5.92 Å². The molecular formula is C16H23N3O4. The van der Waals surface area contributed by atoms with Gasteiger partial charge in [0.05, 0.1) is 5.92 Å². The minimum absolute atomic E-state index is 0.000481. The topological polar surface area (TPSA) is 93.1 Å². The van der Waals surface area contributed by atoms with Gasteiger partial charge in [0.15, 0.2) is 0 Å². The third-order valence-corrected chi connectivity index (χ3v) is 3.92. The molecule has 7 heteroatoms. The molecule has 1 saturated heterocycles. The summed E-state index contributed by atoms with van der Waals surface area (Å²) in [5.74, 6) is -0.655. The molecule has 0 spiro atoms. The fourth-order valence-electron chi connectivity index (χ4n) is 2.51. The standard InChI is InChI=1S/C16H23N3O4/c1-18(2)5-6-19-10-12(7-15(19)22)16(23)17-9-11-3-4-13(20)8-14(11)21/h3-4,8,12,20-21H,5-7,9-10H2,1-2H3,(H,17,23). The minimum atomic E-state index is -0.357. The Kier molecular flexibility index (Phi) is 5.44. The largest absolute Gasteiger partial charge is 0.508 e. The number of nitrogens with one attached hydrogen (secondary N) is 1. The van der Waals surface area contributed by atoms with E-state index in [4.69, 9.17) is 0 Å². The SMILES string of the molecule is CN(C)CCN1CC(C(=O)NCc2ccc(O)cc2O)CC1=O. The Bertz CT molecular complexity index is 589. The minimum Gasteiger partial charge on any atom is -0.508 e. The van der Waals surface area contributed by atoms with E-state index in [-0.39, 0.29) is 42.2 Å². The average Bonchev–Trinajstić information content (AvgIpc) is 2.85. The van der Waals surface area contributed by atoms with Crippen LogP contribution in [0.4, 0.5) is 0 Å². The van der Waals surface area contributed by atoms with Crippen LogP contribution < -0.4 is 5.32 Å². The van der Waals surface area contributed by atoms with Crippen molar-refractivity contribution in [1.82, 2.24) is 15.1 Å². The Morgan fingerprint density at radius 2 is 2.13 bits per heavy atom. The van der Waals surface area contributed by atoms with Crippen molar-refractivity contribution in [1.29, 1.82) is 0 Å². The van der Waals surface area contributed by atoms with Crippen molar-refractivity contribution in [3.63, 3.8) is 0 Å². The molecule has 0 aromatic heterocycles. The number of likely N-dealkylation sites (tertiary alicyclic amines) is 1. The number of amides is 2. The lowest BCUT2D eigenvalue weighted by Gasteiger charge is -2.19. The van der Waals surface area contributed by atoms with Gasteiger partial charge in [0.1, 0.15) is 11.5 Å². The molecule has 2 rings (SSSR count). The van der Waals surface area contributed by atoms with Crippen molar-refractivity contribution in [3.8, 4) is 11.5 Å². The summed E-state index contributed by atoms with van der Waals surface area (Å²) in [4.78, 5) is 27.8. The summed E-state index contributed by atoms with van der Waals surface area (Å²) in [7, 11) is 3.88. The first kappa shape index (κ1) is 17.1. The maximum absolute atomic E-state index is 12.2. The number of aromatic hydroxyl groups is 2. The highest BCUT2D eigenvalue weighted by Crippen LogP contribution is 2.23. The summed E-state index contributed by atoms with van der Waals surface area (Å²) in [6, 6.07) is 4.22. The van der Waals surface area contributed by atoms with Crippen molar-refractivity contribution < 1.29 is 19.8 Å². The average molecular weight is 321 g/mol. The fourth-order valence-corrected chi connectivity index (χ4v) is 2.51. The summed E-state index contributed by atoms with van der Waals surface area (Å²) in [6.07, 6.45) is 0.223. The Morgan fingerprint density at radius 1 is 1.39 bits per heavy atom. The Balaban J connectivity index is 1.85. The third kappa shape index (κ3) is 4.59. The first-order chi connectivity index (χ1) is 10.9. The molecule has 1 atom stereocenters. The summed E-state index contributed by atoms with van der Waals surface area (Å²) < 4.78 is 0. The van der Waals surface area contributed by atoms with Gasteiger partial charge in [0.25, 0.3) is 0 Å². The number of hydrogen-bond donors (Lipinski definition) is 3. The maximum atomic E-state index is 12.2. The molecule has 1 aromatic carbocycles. The van der Waals surface area contributed by atoms with Crippen LogP contribution in [0.15, 0.2) is 18.2 Å². The first-order valence-electron chi connectivity index (χ1n) is 7.58. The lowest BCUT2D eigenvalue weighted by Crippen LogP contribution is -2.35. The second-order valence-electron chi connectivity index (χ2n) is 6.07. The summed E-state index contributed by atoms with van der Waals surface area (Å²) >= 11 is 0. The number of rotatable bonds is 6. The predicted molar refractivity (Wildman–Crippen MR) is 84.9 cm³/mol. The predicted octanol–water partition coefficient (Wildman–Crippen LogP) is 0.124. The van der Waals surface area contributed by atoms with E-state index < -0.39 is 0 Å². The molecule has 1 aliphatic rings. The van der Waals surface area contributed by atoms with Crippen molar-refractivity contribution >= 4 is 11.8 Å². The molecule has 7 nitrogen and oxygen atoms in total. The van der Waals surface area contributed by atoms with Gasteiger partial charge in [-0.2, -0.15) is 0 Å². The van der Waals surface area contributed by atoms with Gasteiger partial charge in [-0.05, 0) is 26.2 Å². The smallest absolute Gasteiger partial charge is 0.225 e. The van der Waals surface area contributed by atoms with Crippen molar-refractivity contribution in [2.45, 2.75) is 13.0 Å². The highest BCUT2D eigenvalue weighted by atomic mass is 16.3. The number of phenolic OH excluding ortho intramolecular Hbond substituents is 2. The molecule has 1 fully saturated rings. The van der Waals surface area contributed by atoms with E-state index in [9.17, 15) is 19.8 Å². The van der Waals surface area contributed by atoms with Crippen LogP contribution in [0.5, 0.6) is 11.5 Å². The number of carbonyl (C=O) groups is 2. The Hall–Kier alpha value is -2.28. The molecule has 0 aliphatic carbocycles. The van der Waals surface area contributed by atoms with Gasteiger partial charge >= 0.3 is 0 Å². The van der Waals surface area contributed by atoms with Crippen LogP contribution in [0.2, 0.25) is 0 Å². The molecule has 2 amide bonds. The van der Waals surface area contributed by atoms with Gasteiger partial charge in [0, 0.05) is 44.2 Å². The molecule has 1 heterocycles. The zero-order chi connectivity index (χ0) is 17.0. The van der Waals surface area contributed by atoms with E-state index in [1.807, 2.05) is 19.0 Å². The Labute approximate surface area is 135 Å². The zero-order valence-corrected chi connectivity index (χ0v) is 13.5.